The Hall–Kier alpha value is -3.94. The monoisotopic (exact) mass is 466 g/mol. The van der Waals surface area contributed by atoms with Gasteiger partial charge in [-0.05, 0) is 36.2 Å². The molecule has 0 aromatic heterocycles. The van der Waals surface area contributed by atoms with Crippen molar-refractivity contribution in [2.45, 2.75) is 12.8 Å². The number of nitrogens with one attached hydrogen (secondary N) is 1. The van der Waals surface area contributed by atoms with Gasteiger partial charge in [0.25, 0.3) is 0 Å². The highest BCUT2D eigenvalue weighted by atomic mass is 19.1. The van der Waals surface area contributed by atoms with E-state index in [1.54, 1.807) is 36.4 Å². The summed E-state index contributed by atoms with van der Waals surface area (Å²) < 4.78 is 42.3. The first kappa shape index (κ1) is 23.2. The Labute approximate surface area is 194 Å². The number of anilines is 1. The average molecular weight is 466 g/mol. The molecule has 174 valence electrons. The van der Waals surface area contributed by atoms with Crippen molar-refractivity contribution in [3.8, 4) is 0 Å². The zero-order chi connectivity index (χ0) is 24.4. The van der Waals surface area contributed by atoms with E-state index in [0.29, 0.717) is 17.2 Å². The predicted octanol–water partition coefficient (Wildman–Crippen LogP) is 4.48. The van der Waals surface area contributed by atoms with Crippen LogP contribution < -0.4 is 5.32 Å². The lowest BCUT2D eigenvalue weighted by Gasteiger charge is -2.17. The van der Waals surface area contributed by atoms with Gasteiger partial charge in [0.2, 0.25) is 11.8 Å². The Balaban J connectivity index is 1.65. The van der Waals surface area contributed by atoms with Gasteiger partial charge in [-0.25, -0.2) is 13.2 Å². The number of hydrogen-bond donors (Lipinski definition) is 1. The molecule has 5 nitrogen and oxygen atoms in total. The molecule has 3 aromatic rings. The number of hydrogen-bond acceptors (Lipinski definition) is 3. The maximum Gasteiger partial charge on any atom is 0.237 e. The average Bonchev–Trinajstić information content (AvgIpc) is 3.13. The number of aryl methyl sites for hydroxylation is 1. The fourth-order valence-corrected chi connectivity index (χ4v) is 4.17. The first-order valence-electron chi connectivity index (χ1n) is 10.6. The van der Waals surface area contributed by atoms with Crippen molar-refractivity contribution in [2.75, 3.05) is 18.4 Å². The smallest absolute Gasteiger partial charge is 0.237 e. The van der Waals surface area contributed by atoms with E-state index < -0.39 is 41.1 Å². The molecule has 0 spiro atoms. The van der Waals surface area contributed by atoms with Gasteiger partial charge in [0, 0.05) is 24.1 Å². The molecule has 1 aliphatic heterocycles. The van der Waals surface area contributed by atoms with Gasteiger partial charge in [-0.3, -0.25) is 14.4 Å². The lowest BCUT2D eigenvalue weighted by Crippen LogP contribution is -2.36. The molecule has 1 heterocycles. The van der Waals surface area contributed by atoms with Gasteiger partial charge in [-0.1, -0.05) is 42.5 Å². The summed E-state index contributed by atoms with van der Waals surface area (Å²) in [6.07, 6.45) is 0. The number of carbonyl (C=O) groups excluding carboxylic acids is 3. The second-order valence-corrected chi connectivity index (χ2v) is 8.22. The highest BCUT2D eigenvalue weighted by Gasteiger charge is 2.46. The number of halogens is 3. The quantitative estimate of drug-likeness (QED) is 0.431. The third kappa shape index (κ3) is 4.71. The molecule has 34 heavy (non-hydrogen) atoms. The van der Waals surface area contributed by atoms with Crippen LogP contribution in [-0.2, 0) is 9.59 Å². The number of ketones is 1. The van der Waals surface area contributed by atoms with E-state index in [1.165, 1.54) is 24.0 Å². The maximum absolute atomic E-state index is 14.5. The summed E-state index contributed by atoms with van der Waals surface area (Å²) in [4.78, 5) is 40.3. The molecule has 2 atom stereocenters. The van der Waals surface area contributed by atoms with Crippen molar-refractivity contribution >= 4 is 23.3 Å². The zero-order valence-electron chi connectivity index (χ0n) is 18.2. The van der Waals surface area contributed by atoms with E-state index in [0.717, 1.165) is 12.1 Å². The second-order valence-electron chi connectivity index (χ2n) is 8.22. The van der Waals surface area contributed by atoms with E-state index in [-0.39, 0.29) is 30.1 Å². The van der Waals surface area contributed by atoms with Crippen LogP contribution in [-0.4, -0.2) is 35.6 Å². The van der Waals surface area contributed by atoms with Gasteiger partial charge in [0.15, 0.2) is 5.78 Å². The Morgan fingerprint density at radius 2 is 1.65 bits per heavy atom. The van der Waals surface area contributed by atoms with E-state index >= 15 is 0 Å². The van der Waals surface area contributed by atoms with Crippen LogP contribution in [0.4, 0.5) is 18.9 Å². The summed E-state index contributed by atoms with van der Waals surface area (Å²) in [5.74, 6) is -6.54. The SMILES string of the molecule is Cc1cccc(NC(=O)[C@H]2C(=O)N(CC(=O)c3ccccc3)C[C@@H]2c2cc(F)cc(F)c2)c1F. The summed E-state index contributed by atoms with van der Waals surface area (Å²) in [6, 6.07) is 15.6. The van der Waals surface area contributed by atoms with Crippen LogP contribution in [0.15, 0.2) is 66.7 Å². The lowest BCUT2D eigenvalue weighted by molar-refractivity contribution is -0.135. The fraction of sp³-hybridized carbons (Fsp3) is 0.192. The molecule has 0 unspecified atom stereocenters. The normalized spacial score (nSPS) is 17.6. The van der Waals surface area contributed by atoms with Crippen molar-refractivity contribution < 1.29 is 27.6 Å². The summed E-state index contributed by atoms with van der Waals surface area (Å²) in [7, 11) is 0. The highest BCUT2D eigenvalue weighted by molar-refractivity contribution is 6.10. The van der Waals surface area contributed by atoms with Gasteiger partial charge in [-0.2, -0.15) is 0 Å². The minimum Gasteiger partial charge on any atom is -0.334 e. The number of benzene rings is 3. The summed E-state index contributed by atoms with van der Waals surface area (Å²) in [6.45, 7) is 1.12. The van der Waals surface area contributed by atoms with E-state index in [2.05, 4.69) is 5.32 Å². The van der Waals surface area contributed by atoms with E-state index in [4.69, 9.17) is 0 Å². The molecule has 1 fully saturated rings. The van der Waals surface area contributed by atoms with Crippen molar-refractivity contribution in [3.05, 3.63) is 101 Å². The summed E-state index contributed by atoms with van der Waals surface area (Å²) in [5, 5.41) is 2.42. The van der Waals surface area contributed by atoms with Crippen LogP contribution in [0.2, 0.25) is 0 Å². The predicted molar refractivity (Wildman–Crippen MR) is 120 cm³/mol. The molecule has 1 N–H and O–H groups in total. The molecule has 3 aromatic carbocycles. The van der Waals surface area contributed by atoms with Crippen LogP contribution in [0, 0.1) is 30.3 Å². The van der Waals surface area contributed by atoms with Crippen molar-refractivity contribution in [3.63, 3.8) is 0 Å². The first-order valence-corrected chi connectivity index (χ1v) is 10.6. The third-order valence-corrected chi connectivity index (χ3v) is 5.87. The molecule has 4 rings (SSSR count). The van der Waals surface area contributed by atoms with Gasteiger partial charge < -0.3 is 10.2 Å². The molecule has 1 saturated heterocycles. The molecule has 2 amide bonds. The topological polar surface area (TPSA) is 66.5 Å². The molecule has 0 saturated carbocycles. The largest absolute Gasteiger partial charge is 0.334 e. The number of Topliss-reactive ketones (excluding diaryl/α,β-unsaturated/α-hetero) is 1. The number of carbonyl (C=O) groups is 3. The number of rotatable bonds is 6. The number of likely N-dealkylation sites (tertiary alicyclic amines) is 1. The van der Waals surface area contributed by atoms with Gasteiger partial charge in [0.1, 0.15) is 23.4 Å². The van der Waals surface area contributed by atoms with Crippen molar-refractivity contribution in [1.82, 2.24) is 4.90 Å². The van der Waals surface area contributed by atoms with Crippen LogP contribution in [0.3, 0.4) is 0 Å². The van der Waals surface area contributed by atoms with Gasteiger partial charge in [0.05, 0.1) is 12.2 Å². The van der Waals surface area contributed by atoms with E-state index in [9.17, 15) is 27.6 Å². The van der Waals surface area contributed by atoms with Gasteiger partial charge in [-0.15, -0.1) is 0 Å². The lowest BCUT2D eigenvalue weighted by atomic mass is 9.87. The molecular formula is C26H21F3N2O3. The minimum absolute atomic E-state index is 0.102. The fourth-order valence-electron chi connectivity index (χ4n) is 4.17. The van der Waals surface area contributed by atoms with Crippen molar-refractivity contribution in [2.24, 2.45) is 5.92 Å². The third-order valence-electron chi connectivity index (χ3n) is 5.87. The standard InChI is InChI=1S/C26H21F3N2O3/c1-15-6-5-9-21(24(15)29)30-25(33)23-20(17-10-18(27)12-19(28)11-17)13-31(26(23)34)14-22(32)16-7-3-2-4-8-16/h2-12,20,23H,13-14H2,1H3,(H,30,33)/t20-,23+/m1/s1. The Morgan fingerprint density at radius 3 is 2.32 bits per heavy atom. The molecule has 1 aliphatic rings. The summed E-state index contributed by atoms with van der Waals surface area (Å²) >= 11 is 0. The number of amides is 2. The Kier molecular flexibility index (Phi) is 6.49. The van der Waals surface area contributed by atoms with Crippen LogP contribution in [0.25, 0.3) is 0 Å². The van der Waals surface area contributed by atoms with Crippen LogP contribution >= 0.6 is 0 Å². The van der Waals surface area contributed by atoms with E-state index in [1.807, 2.05) is 0 Å². The zero-order valence-corrected chi connectivity index (χ0v) is 18.2. The second kappa shape index (κ2) is 9.51. The highest BCUT2D eigenvalue weighted by Crippen LogP contribution is 2.36. The molecular weight excluding hydrogens is 445 g/mol. The maximum atomic E-state index is 14.5. The van der Waals surface area contributed by atoms with Gasteiger partial charge >= 0.3 is 0 Å². The van der Waals surface area contributed by atoms with Crippen LogP contribution in [0.1, 0.15) is 27.4 Å². The van der Waals surface area contributed by atoms with Crippen LogP contribution in [0.5, 0.6) is 0 Å². The molecule has 0 aliphatic carbocycles. The number of nitrogens with zero attached hydrogens (tertiary/aromatic N) is 1. The Morgan fingerprint density at radius 1 is 0.971 bits per heavy atom. The minimum atomic E-state index is -1.40. The summed E-state index contributed by atoms with van der Waals surface area (Å²) in [5.41, 5.74) is 0.680. The first-order chi connectivity index (χ1) is 16.2. The molecule has 0 radical (unpaired) electrons. The molecule has 8 heteroatoms. The molecule has 0 bridgehead atoms. The Bertz CT molecular complexity index is 1240. The van der Waals surface area contributed by atoms with Crippen molar-refractivity contribution in [1.29, 1.82) is 0 Å².